The van der Waals surface area contributed by atoms with E-state index in [-0.39, 0.29) is 6.04 Å². The third-order valence-corrected chi connectivity index (χ3v) is 3.87. The van der Waals surface area contributed by atoms with Gasteiger partial charge in [0.25, 0.3) is 0 Å². The number of benzene rings is 1. The first-order valence-corrected chi connectivity index (χ1v) is 6.54. The van der Waals surface area contributed by atoms with Crippen molar-refractivity contribution in [2.45, 2.75) is 39.3 Å². The highest BCUT2D eigenvalue weighted by Gasteiger charge is 2.21. The van der Waals surface area contributed by atoms with Gasteiger partial charge in [-0.25, -0.2) is 4.98 Å². The van der Waals surface area contributed by atoms with Crippen LogP contribution in [0.5, 0.6) is 0 Å². The summed E-state index contributed by atoms with van der Waals surface area (Å²) in [7, 11) is 0. The maximum Gasteiger partial charge on any atom is 0.0907 e. The lowest BCUT2D eigenvalue weighted by Crippen LogP contribution is -2.39. The second kappa shape index (κ2) is 4.27. The van der Waals surface area contributed by atoms with Gasteiger partial charge in [-0.2, -0.15) is 0 Å². The lowest BCUT2D eigenvalue weighted by Gasteiger charge is -2.27. The Morgan fingerprint density at radius 3 is 2.76 bits per heavy atom. The lowest BCUT2D eigenvalue weighted by atomic mass is 10.0. The predicted molar refractivity (Wildman–Crippen MR) is 73.7 cm³/mol. The Morgan fingerprint density at radius 1 is 1.41 bits per heavy atom. The number of thiazole rings is 1. The molecule has 1 unspecified atom stereocenters. The Labute approximate surface area is 106 Å². The van der Waals surface area contributed by atoms with Gasteiger partial charge in [0.2, 0.25) is 0 Å². The number of hydrogen-bond donors (Lipinski definition) is 2. The molecule has 3 nitrogen and oxygen atoms in total. The number of anilines is 1. The minimum atomic E-state index is -0.738. The van der Waals surface area contributed by atoms with E-state index < -0.39 is 5.60 Å². The summed E-state index contributed by atoms with van der Waals surface area (Å²) in [6, 6.07) is 6.10. The summed E-state index contributed by atoms with van der Waals surface area (Å²) >= 11 is 1.69. The molecule has 2 rings (SSSR count). The zero-order chi connectivity index (χ0) is 12.6. The molecule has 0 spiro atoms. The van der Waals surface area contributed by atoms with Crippen LogP contribution in [0.1, 0.15) is 25.8 Å². The van der Waals surface area contributed by atoms with Crippen molar-refractivity contribution in [3.63, 3.8) is 0 Å². The van der Waals surface area contributed by atoms with Crippen LogP contribution in [0.2, 0.25) is 0 Å². The molecule has 1 atom stereocenters. The van der Waals surface area contributed by atoms with Crippen molar-refractivity contribution in [1.29, 1.82) is 0 Å². The molecule has 4 heteroatoms. The largest absolute Gasteiger partial charge is 0.388 e. The molecule has 1 aromatic heterocycles. The summed E-state index contributed by atoms with van der Waals surface area (Å²) < 4.78 is 1.18. The zero-order valence-corrected chi connectivity index (χ0v) is 11.4. The Balaban J connectivity index is 2.25. The van der Waals surface area contributed by atoms with Crippen molar-refractivity contribution in [2.75, 3.05) is 5.32 Å². The monoisotopic (exact) mass is 250 g/mol. The smallest absolute Gasteiger partial charge is 0.0907 e. The van der Waals surface area contributed by atoms with Gasteiger partial charge in [0.15, 0.2) is 0 Å². The Kier molecular flexibility index (Phi) is 3.10. The predicted octanol–water partition coefficient (Wildman–Crippen LogP) is 3.18. The minimum absolute atomic E-state index is 0.00558. The third kappa shape index (κ3) is 2.76. The van der Waals surface area contributed by atoms with Crippen molar-refractivity contribution in [3.05, 3.63) is 23.2 Å². The van der Waals surface area contributed by atoms with Crippen LogP contribution in [0, 0.1) is 6.92 Å². The summed E-state index contributed by atoms with van der Waals surface area (Å²) in [5, 5.41) is 14.3. The first-order chi connectivity index (χ1) is 7.86. The van der Waals surface area contributed by atoms with Gasteiger partial charge in [-0.05, 0) is 45.9 Å². The highest BCUT2D eigenvalue weighted by atomic mass is 32.1. The Bertz CT molecular complexity index is 528. The topological polar surface area (TPSA) is 45.2 Å². The van der Waals surface area contributed by atoms with Crippen LogP contribution in [0.4, 0.5) is 5.69 Å². The number of nitrogens with one attached hydrogen (secondary N) is 1. The number of aryl methyl sites for hydroxylation is 1. The molecule has 0 bridgehead atoms. The minimum Gasteiger partial charge on any atom is -0.388 e. The molecule has 0 saturated heterocycles. The van der Waals surface area contributed by atoms with E-state index in [0.717, 1.165) is 16.2 Å². The number of aromatic nitrogens is 1. The van der Waals surface area contributed by atoms with E-state index >= 15 is 0 Å². The molecule has 0 aliphatic carbocycles. The average Bonchev–Trinajstić information content (AvgIpc) is 2.55. The summed E-state index contributed by atoms with van der Waals surface area (Å²) in [6.45, 7) is 7.60. The van der Waals surface area contributed by atoms with Gasteiger partial charge in [-0.3, -0.25) is 0 Å². The second-order valence-corrected chi connectivity index (χ2v) is 6.17. The molecule has 17 heavy (non-hydrogen) atoms. The molecule has 0 fully saturated rings. The van der Waals surface area contributed by atoms with Crippen LogP contribution in [0.25, 0.3) is 10.2 Å². The van der Waals surface area contributed by atoms with Crippen LogP contribution >= 0.6 is 11.3 Å². The molecular weight excluding hydrogens is 232 g/mol. The molecule has 0 saturated carbocycles. The van der Waals surface area contributed by atoms with Gasteiger partial charge in [0, 0.05) is 5.69 Å². The normalized spacial score (nSPS) is 13.9. The zero-order valence-electron chi connectivity index (χ0n) is 10.6. The van der Waals surface area contributed by atoms with Crippen molar-refractivity contribution in [1.82, 2.24) is 4.98 Å². The van der Waals surface area contributed by atoms with E-state index in [1.165, 1.54) is 4.70 Å². The Hall–Kier alpha value is -1.13. The van der Waals surface area contributed by atoms with Crippen molar-refractivity contribution in [2.24, 2.45) is 0 Å². The number of hydrogen-bond acceptors (Lipinski definition) is 4. The van der Waals surface area contributed by atoms with Crippen LogP contribution < -0.4 is 5.32 Å². The van der Waals surface area contributed by atoms with Gasteiger partial charge < -0.3 is 10.4 Å². The molecule has 0 radical (unpaired) electrons. The average molecular weight is 250 g/mol. The highest BCUT2D eigenvalue weighted by molar-refractivity contribution is 7.18. The molecule has 92 valence electrons. The third-order valence-electron chi connectivity index (χ3n) is 2.94. The number of aliphatic hydroxyl groups is 1. The first kappa shape index (κ1) is 12.3. The molecule has 0 amide bonds. The molecule has 2 N–H and O–H groups in total. The van der Waals surface area contributed by atoms with Crippen molar-refractivity contribution < 1.29 is 5.11 Å². The van der Waals surface area contributed by atoms with Crippen molar-refractivity contribution in [3.8, 4) is 0 Å². The molecule has 0 aliphatic heterocycles. The SMILES string of the molecule is Cc1nc2ccc(NC(C)C(C)(C)O)cc2s1. The van der Waals surface area contributed by atoms with Crippen molar-refractivity contribution >= 4 is 27.2 Å². The summed E-state index contributed by atoms with van der Waals surface area (Å²) in [6.07, 6.45) is 0. The van der Waals surface area contributed by atoms with E-state index in [2.05, 4.69) is 16.4 Å². The molecule has 0 aliphatic rings. The molecule has 2 aromatic rings. The second-order valence-electron chi connectivity index (χ2n) is 4.94. The number of nitrogens with zero attached hydrogens (tertiary/aromatic N) is 1. The molecular formula is C13H18N2OS. The number of fused-ring (bicyclic) bond motifs is 1. The maximum atomic E-state index is 9.89. The highest BCUT2D eigenvalue weighted by Crippen LogP contribution is 2.25. The van der Waals surface area contributed by atoms with Crippen LogP contribution in [0.15, 0.2) is 18.2 Å². The number of rotatable bonds is 3. The van der Waals surface area contributed by atoms with Gasteiger partial charge in [-0.1, -0.05) is 0 Å². The van der Waals surface area contributed by atoms with E-state index in [9.17, 15) is 5.11 Å². The summed E-state index contributed by atoms with van der Waals surface area (Å²) in [5.41, 5.74) is 1.32. The summed E-state index contributed by atoms with van der Waals surface area (Å²) in [5.74, 6) is 0. The van der Waals surface area contributed by atoms with E-state index in [1.54, 1.807) is 25.2 Å². The van der Waals surface area contributed by atoms with Gasteiger partial charge >= 0.3 is 0 Å². The quantitative estimate of drug-likeness (QED) is 0.879. The van der Waals surface area contributed by atoms with E-state index in [1.807, 2.05) is 26.0 Å². The fraction of sp³-hybridized carbons (Fsp3) is 0.462. The van der Waals surface area contributed by atoms with Crippen LogP contribution in [-0.4, -0.2) is 21.7 Å². The fourth-order valence-corrected chi connectivity index (χ4v) is 2.42. The van der Waals surface area contributed by atoms with Crippen LogP contribution in [-0.2, 0) is 0 Å². The summed E-state index contributed by atoms with van der Waals surface area (Å²) in [4.78, 5) is 4.42. The molecule has 1 aromatic carbocycles. The van der Waals surface area contributed by atoms with E-state index in [4.69, 9.17) is 0 Å². The van der Waals surface area contributed by atoms with Gasteiger partial charge in [0.1, 0.15) is 0 Å². The standard InChI is InChI=1S/C13H18N2OS/c1-8(13(3,4)16)14-10-5-6-11-12(7-10)17-9(2)15-11/h5-8,14,16H,1-4H3. The fourth-order valence-electron chi connectivity index (χ4n) is 1.56. The molecule has 1 heterocycles. The Morgan fingerprint density at radius 2 is 2.12 bits per heavy atom. The maximum absolute atomic E-state index is 9.89. The van der Waals surface area contributed by atoms with Crippen LogP contribution in [0.3, 0.4) is 0 Å². The lowest BCUT2D eigenvalue weighted by molar-refractivity contribution is 0.0649. The van der Waals surface area contributed by atoms with E-state index in [0.29, 0.717) is 0 Å². The van der Waals surface area contributed by atoms with Gasteiger partial charge in [-0.15, -0.1) is 11.3 Å². The van der Waals surface area contributed by atoms with Gasteiger partial charge in [0.05, 0.1) is 26.9 Å². The first-order valence-electron chi connectivity index (χ1n) is 5.72.